The van der Waals surface area contributed by atoms with Crippen LogP contribution in [-0.4, -0.2) is 22.3 Å². The van der Waals surface area contributed by atoms with Gasteiger partial charge in [0.15, 0.2) is 6.61 Å². The summed E-state index contributed by atoms with van der Waals surface area (Å²) in [5.74, 6) is 0.723. The second-order valence-electron chi connectivity index (χ2n) is 4.83. The predicted molar refractivity (Wildman–Crippen MR) is 87.8 cm³/mol. The van der Waals surface area contributed by atoms with Crippen molar-refractivity contribution in [3.8, 4) is 5.75 Å². The third-order valence-corrected chi connectivity index (χ3v) is 3.75. The maximum Gasteiger partial charge on any atom is 0.263 e. The number of ether oxygens (including phenoxy) is 1. The quantitative estimate of drug-likeness (QED) is 0.857. The first kappa shape index (κ1) is 16.6. The van der Waals surface area contributed by atoms with Crippen molar-refractivity contribution in [1.29, 1.82) is 0 Å². The first-order valence-corrected chi connectivity index (χ1v) is 7.68. The second kappa shape index (κ2) is 7.51. The van der Waals surface area contributed by atoms with Crippen LogP contribution >= 0.6 is 23.2 Å². The molecule has 0 aliphatic carbocycles. The lowest BCUT2D eigenvalue weighted by Crippen LogP contribution is -2.23. The lowest BCUT2D eigenvalue weighted by molar-refractivity contribution is -0.118. The Morgan fingerprint density at radius 1 is 1.41 bits per heavy atom. The zero-order valence-electron chi connectivity index (χ0n) is 12.3. The van der Waals surface area contributed by atoms with Gasteiger partial charge in [-0.1, -0.05) is 30.1 Å². The minimum absolute atomic E-state index is 0.161. The van der Waals surface area contributed by atoms with Crippen molar-refractivity contribution in [3.63, 3.8) is 0 Å². The summed E-state index contributed by atoms with van der Waals surface area (Å²) in [6, 6.07) is 6.79. The molecule has 22 heavy (non-hydrogen) atoms. The fourth-order valence-electron chi connectivity index (χ4n) is 1.85. The van der Waals surface area contributed by atoms with Gasteiger partial charge in [-0.2, -0.15) is 5.10 Å². The summed E-state index contributed by atoms with van der Waals surface area (Å²) >= 11 is 11.8. The highest BCUT2D eigenvalue weighted by Crippen LogP contribution is 2.27. The van der Waals surface area contributed by atoms with Crippen molar-refractivity contribution in [2.75, 3.05) is 11.9 Å². The van der Waals surface area contributed by atoms with E-state index in [1.54, 1.807) is 35.1 Å². The molecule has 2 rings (SSSR count). The van der Waals surface area contributed by atoms with E-state index in [-0.39, 0.29) is 18.6 Å². The molecule has 1 atom stereocenters. The van der Waals surface area contributed by atoms with E-state index in [2.05, 4.69) is 17.3 Å². The summed E-state index contributed by atoms with van der Waals surface area (Å²) in [4.78, 5) is 12.0. The summed E-state index contributed by atoms with van der Waals surface area (Å²) in [7, 11) is 0. The summed E-state index contributed by atoms with van der Waals surface area (Å²) < 4.78 is 7.16. The van der Waals surface area contributed by atoms with Crippen LogP contribution in [0, 0.1) is 0 Å². The number of hydrogen-bond donors (Lipinski definition) is 1. The van der Waals surface area contributed by atoms with Gasteiger partial charge >= 0.3 is 0 Å². The molecule has 1 amide bonds. The molecule has 0 aliphatic rings. The third kappa shape index (κ3) is 4.15. The smallest absolute Gasteiger partial charge is 0.263 e. The van der Waals surface area contributed by atoms with Gasteiger partial charge < -0.3 is 10.1 Å². The van der Waals surface area contributed by atoms with Crippen LogP contribution < -0.4 is 10.1 Å². The molecule has 1 aromatic carbocycles. The van der Waals surface area contributed by atoms with Crippen molar-refractivity contribution in [1.82, 2.24) is 9.78 Å². The van der Waals surface area contributed by atoms with Crippen LogP contribution in [0.5, 0.6) is 5.75 Å². The number of anilines is 1. The first-order chi connectivity index (χ1) is 10.5. The zero-order valence-corrected chi connectivity index (χ0v) is 13.9. The van der Waals surface area contributed by atoms with Gasteiger partial charge in [0, 0.05) is 17.2 Å². The average Bonchev–Trinajstić information content (AvgIpc) is 2.95. The Morgan fingerprint density at radius 2 is 2.18 bits per heavy atom. The molecule has 5 nitrogen and oxygen atoms in total. The van der Waals surface area contributed by atoms with Gasteiger partial charge in [-0.3, -0.25) is 4.79 Å². The van der Waals surface area contributed by atoms with E-state index in [0.29, 0.717) is 21.6 Å². The summed E-state index contributed by atoms with van der Waals surface area (Å²) in [6.07, 6.45) is 2.57. The molecule has 1 N–H and O–H groups in total. The predicted octanol–water partition coefficient (Wildman–Crippen LogP) is 4.18. The molecule has 0 saturated carbocycles. The highest BCUT2D eigenvalue weighted by atomic mass is 35.5. The molecule has 0 bridgehead atoms. The number of nitrogens with one attached hydrogen (secondary N) is 1. The van der Waals surface area contributed by atoms with Crippen LogP contribution in [0.3, 0.4) is 0 Å². The van der Waals surface area contributed by atoms with Crippen molar-refractivity contribution < 1.29 is 9.53 Å². The van der Waals surface area contributed by atoms with Crippen LogP contribution in [0.4, 0.5) is 5.82 Å². The number of rotatable bonds is 6. The Morgan fingerprint density at radius 3 is 2.91 bits per heavy atom. The van der Waals surface area contributed by atoms with Crippen molar-refractivity contribution in [2.24, 2.45) is 0 Å². The van der Waals surface area contributed by atoms with E-state index in [1.807, 2.05) is 6.92 Å². The number of aromatic nitrogens is 2. The lowest BCUT2D eigenvalue weighted by Gasteiger charge is -2.14. The second-order valence-corrected chi connectivity index (χ2v) is 5.67. The van der Waals surface area contributed by atoms with Crippen LogP contribution in [0.2, 0.25) is 10.0 Å². The van der Waals surface area contributed by atoms with Gasteiger partial charge in [-0.05, 0) is 25.5 Å². The van der Waals surface area contributed by atoms with Crippen molar-refractivity contribution in [2.45, 2.75) is 26.3 Å². The van der Waals surface area contributed by atoms with Gasteiger partial charge in [-0.15, -0.1) is 0 Å². The van der Waals surface area contributed by atoms with Gasteiger partial charge in [0.2, 0.25) is 0 Å². The molecule has 0 spiro atoms. The number of amides is 1. The minimum atomic E-state index is -0.291. The maximum atomic E-state index is 12.0. The fraction of sp³-hybridized carbons (Fsp3) is 0.333. The Hall–Kier alpha value is -1.72. The molecule has 1 heterocycles. The molecule has 118 valence electrons. The van der Waals surface area contributed by atoms with Crippen molar-refractivity contribution in [3.05, 3.63) is 40.5 Å². The highest BCUT2D eigenvalue weighted by molar-refractivity contribution is 6.34. The van der Waals surface area contributed by atoms with Crippen LogP contribution in [0.15, 0.2) is 30.5 Å². The number of nitrogens with zero attached hydrogens (tertiary/aromatic N) is 2. The molecular formula is C15H17Cl2N3O2. The third-order valence-electron chi connectivity index (χ3n) is 3.20. The normalized spacial score (nSPS) is 12.0. The monoisotopic (exact) mass is 341 g/mol. The molecule has 2 aromatic rings. The Balaban J connectivity index is 1.96. The van der Waals surface area contributed by atoms with Crippen molar-refractivity contribution >= 4 is 34.9 Å². The molecular weight excluding hydrogens is 325 g/mol. The molecule has 0 aliphatic heterocycles. The van der Waals surface area contributed by atoms with Crippen LogP contribution in [0.1, 0.15) is 26.3 Å². The summed E-state index contributed by atoms with van der Waals surface area (Å²) in [5.41, 5.74) is 0. The Bertz CT molecular complexity index is 658. The fourth-order valence-corrected chi connectivity index (χ4v) is 2.18. The largest absolute Gasteiger partial charge is 0.482 e. The lowest BCUT2D eigenvalue weighted by atomic mass is 10.3. The van der Waals surface area contributed by atoms with E-state index in [9.17, 15) is 4.79 Å². The van der Waals surface area contributed by atoms with E-state index in [1.165, 1.54) is 0 Å². The molecule has 0 radical (unpaired) electrons. The van der Waals surface area contributed by atoms with E-state index in [0.717, 1.165) is 6.42 Å². The SMILES string of the molecule is CCC(C)n1nccc1NC(=O)COc1cc(Cl)ccc1Cl. The molecule has 1 aromatic heterocycles. The molecule has 0 fully saturated rings. The highest BCUT2D eigenvalue weighted by Gasteiger charge is 2.12. The molecule has 1 unspecified atom stereocenters. The van der Waals surface area contributed by atoms with Gasteiger partial charge in [0.05, 0.1) is 17.3 Å². The average molecular weight is 342 g/mol. The summed E-state index contributed by atoms with van der Waals surface area (Å²) in [6.45, 7) is 3.93. The first-order valence-electron chi connectivity index (χ1n) is 6.92. The van der Waals surface area contributed by atoms with E-state index >= 15 is 0 Å². The number of hydrogen-bond acceptors (Lipinski definition) is 3. The van der Waals surface area contributed by atoms with E-state index in [4.69, 9.17) is 27.9 Å². The minimum Gasteiger partial charge on any atom is -0.482 e. The standard InChI is InChI=1S/C15H17Cl2N3O2/c1-3-10(2)20-14(6-7-18-20)19-15(21)9-22-13-8-11(16)4-5-12(13)17/h4-8,10H,3,9H2,1-2H3,(H,19,21). The van der Waals surface area contributed by atoms with Crippen LogP contribution in [0.25, 0.3) is 0 Å². The van der Waals surface area contributed by atoms with Crippen LogP contribution in [-0.2, 0) is 4.79 Å². The zero-order chi connectivity index (χ0) is 16.1. The number of benzene rings is 1. The Kier molecular flexibility index (Phi) is 5.69. The number of halogens is 2. The Labute approximate surface area is 139 Å². The van der Waals surface area contributed by atoms with E-state index < -0.39 is 0 Å². The van der Waals surface area contributed by atoms with Gasteiger partial charge in [0.25, 0.3) is 5.91 Å². The molecule has 7 heteroatoms. The van der Waals surface area contributed by atoms with Gasteiger partial charge in [-0.25, -0.2) is 4.68 Å². The topological polar surface area (TPSA) is 56.2 Å². The summed E-state index contributed by atoms with van der Waals surface area (Å²) in [5, 5.41) is 7.88. The molecule has 0 saturated heterocycles. The number of carbonyl (C=O) groups excluding carboxylic acids is 1. The maximum absolute atomic E-state index is 12.0. The van der Waals surface area contributed by atoms with Gasteiger partial charge in [0.1, 0.15) is 11.6 Å². The number of carbonyl (C=O) groups is 1.